The highest BCUT2D eigenvalue weighted by Crippen LogP contribution is 2.37. The number of nitro benzene ring substituents is 1. The first-order valence-corrected chi connectivity index (χ1v) is 7.38. The lowest BCUT2D eigenvalue weighted by atomic mass is 10.1. The number of carbonyl (C=O) groups is 1. The van der Waals surface area contributed by atoms with Gasteiger partial charge < -0.3 is 0 Å². The molecule has 0 bridgehead atoms. The second-order valence-corrected chi connectivity index (χ2v) is 6.10. The van der Waals surface area contributed by atoms with E-state index in [0.717, 1.165) is 0 Å². The summed E-state index contributed by atoms with van der Waals surface area (Å²) in [6, 6.07) is 9.16. The Bertz CT molecular complexity index is 734. The van der Waals surface area contributed by atoms with Gasteiger partial charge in [-0.05, 0) is 31.2 Å². The number of nitro groups is 1. The minimum absolute atomic E-state index is 0.123. The van der Waals surface area contributed by atoms with E-state index < -0.39 is 4.92 Å². The lowest BCUT2D eigenvalue weighted by molar-refractivity contribution is -0.384. The molecule has 0 aromatic heterocycles. The fourth-order valence-electron chi connectivity index (χ4n) is 1.67. The van der Waals surface area contributed by atoms with Gasteiger partial charge in [-0.1, -0.05) is 35.0 Å². The Hall–Kier alpha value is -1.56. The monoisotopic (exact) mass is 341 g/mol. The molecular formula is C14H9Cl2NO3S. The molecule has 0 amide bonds. The van der Waals surface area contributed by atoms with Crippen LogP contribution in [0.2, 0.25) is 10.0 Å². The molecule has 0 spiro atoms. The minimum Gasteiger partial charge on any atom is -0.294 e. The van der Waals surface area contributed by atoms with Crippen LogP contribution >= 0.6 is 35.0 Å². The summed E-state index contributed by atoms with van der Waals surface area (Å²) in [5, 5.41) is 11.8. The van der Waals surface area contributed by atoms with Gasteiger partial charge in [-0.2, -0.15) is 0 Å². The molecule has 21 heavy (non-hydrogen) atoms. The topological polar surface area (TPSA) is 60.2 Å². The van der Waals surface area contributed by atoms with E-state index >= 15 is 0 Å². The van der Waals surface area contributed by atoms with Gasteiger partial charge in [-0.3, -0.25) is 14.9 Å². The Labute approximate surface area is 135 Å². The third-order valence-corrected chi connectivity index (χ3v) is 4.48. The van der Waals surface area contributed by atoms with Crippen LogP contribution in [-0.4, -0.2) is 10.7 Å². The van der Waals surface area contributed by atoms with Crippen LogP contribution < -0.4 is 0 Å². The SMILES string of the molecule is CC(=O)c1cc([N+](=O)[O-])ccc1Sc1cc(Cl)ccc1Cl. The van der Waals surface area contributed by atoms with Gasteiger partial charge in [0.1, 0.15) is 0 Å². The van der Waals surface area contributed by atoms with Crippen LogP contribution in [-0.2, 0) is 0 Å². The smallest absolute Gasteiger partial charge is 0.270 e. The Morgan fingerprint density at radius 2 is 1.86 bits per heavy atom. The van der Waals surface area contributed by atoms with E-state index in [0.29, 0.717) is 19.8 Å². The number of nitrogens with zero attached hydrogens (tertiary/aromatic N) is 1. The molecule has 2 aromatic rings. The molecular weight excluding hydrogens is 333 g/mol. The van der Waals surface area contributed by atoms with Crippen LogP contribution in [0.15, 0.2) is 46.2 Å². The molecule has 0 aliphatic carbocycles. The summed E-state index contributed by atoms with van der Waals surface area (Å²) in [7, 11) is 0. The molecule has 7 heteroatoms. The average Bonchev–Trinajstić information content (AvgIpc) is 2.42. The molecule has 0 N–H and O–H groups in total. The summed E-state index contributed by atoms with van der Waals surface area (Å²) in [5.41, 5.74) is 0.159. The Balaban J connectivity index is 2.46. The van der Waals surface area contributed by atoms with Crippen molar-refractivity contribution in [1.82, 2.24) is 0 Å². The summed E-state index contributed by atoms with van der Waals surface area (Å²) < 4.78 is 0. The minimum atomic E-state index is -0.534. The first-order chi connectivity index (χ1) is 9.88. The molecule has 0 heterocycles. The maximum absolute atomic E-state index is 11.7. The van der Waals surface area contributed by atoms with Crippen molar-refractivity contribution in [3.8, 4) is 0 Å². The van der Waals surface area contributed by atoms with Gasteiger partial charge in [0.05, 0.1) is 9.95 Å². The second kappa shape index (κ2) is 6.47. The fourth-order valence-corrected chi connectivity index (χ4v) is 3.18. The van der Waals surface area contributed by atoms with Gasteiger partial charge in [0.2, 0.25) is 0 Å². The molecule has 4 nitrogen and oxygen atoms in total. The fraction of sp³-hybridized carbons (Fsp3) is 0.0714. The van der Waals surface area contributed by atoms with Crippen LogP contribution in [0.1, 0.15) is 17.3 Å². The first kappa shape index (κ1) is 15.8. The molecule has 0 aliphatic rings. The molecule has 0 saturated heterocycles. The van der Waals surface area contributed by atoms with E-state index in [-0.39, 0.29) is 17.0 Å². The zero-order valence-corrected chi connectivity index (χ0v) is 13.1. The van der Waals surface area contributed by atoms with Gasteiger partial charge in [-0.15, -0.1) is 0 Å². The van der Waals surface area contributed by atoms with Crippen molar-refractivity contribution in [3.05, 3.63) is 62.1 Å². The zero-order valence-electron chi connectivity index (χ0n) is 10.8. The highest BCUT2D eigenvalue weighted by atomic mass is 35.5. The number of carbonyl (C=O) groups excluding carboxylic acids is 1. The number of ketones is 1. The largest absolute Gasteiger partial charge is 0.294 e. The molecule has 0 saturated carbocycles. The van der Waals surface area contributed by atoms with Crippen LogP contribution in [0.5, 0.6) is 0 Å². The summed E-state index contributed by atoms with van der Waals surface area (Å²) in [5.74, 6) is -0.251. The summed E-state index contributed by atoms with van der Waals surface area (Å²) in [6.45, 7) is 1.36. The van der Waals surface area contributed by atoms with Crippen molar-refractivity contribution in [2.24, 2.45) is 0 Å². The normalized spacial score (nSPS) is 10.4. The van der Waals surface area contributed by atoms with Crippen molar-refractivity contribution in [2.75, 3.05) is 0 Å². The van der Waals surface area contributed by atoms with Crippen LogP contribution in [0.3, 0.4) is 0 Å². The van der Waals surface area contributed by atoms with Crippen LogP contribution in [0.25, 0.3) is 0 Å². The summed E-state index contributed by atoms with van der Waals surface area (Å²) in [6.07, 6.45) is 0. The van der Waals surface area contributed by atoms with Gasteiger partial charge >= 0.3 is 0 Å². The first-order valence-electron chi connectivity index (χ1n) is 5.81. The molecule has 108 valence electrons. The Morgan fingerprint density at radius 3 is 2.48 bits per heavy atom. The molecule has 0 fully saturated rings. The van der Waals surface area contributed by atoms with E-state index in [1.54, 1.807) is 18.2 Å². The molecule has 2 rings (SSSR count). The predicted octanol–water partition coefficient (Wildman–Crippen LogP) is 5.26. The van der Waals surface area contributed by atoms with Gasteiger partial charge in [-0.25, -0.2) is 0 Å². The summed E-state index contributed by atoms with van der Waals surface area (Å²) in [4.78, 5) is 23.2. The molecule has 0 radical (unpaired) electrons. The molecule has 0 atom stereocenters. The van der Waals surface area contributed by atoms with Gasteiger partial charge in [0.15, 0.2) is 5.78 Å². The molecule has 2 aromatic carbocycles. The van der Waals surface area contributed by atoms with Crippen molar-refractivity contribution >= 4 is 46.4 Å². The van der Waals surface area contributed by atoms with E-state index in [4.69, 9.17) is 23.2 Å². The maximum atomic E-state index is 11.7. The van der Waals surface area contributed by atoms with Gasteiger partial charge in [0.25, 0.3) is 5.69 Å². The predicted molar refractivity (Wildman–Crippen MR) is 83.7 cm³/mol. The van der Waals surface area contributed by atoms with Crippen molar-refractivity contribution in [1.29, 1.82) is 0 Å². The highest BCUT2D eigenvalue weighted by molar-refractivity contribution is 7.99. The van der Waals surface area contributed by atoms with Crippen molar-refractivity contribution in [3.63, 3.8) is 0 Å². The average molecular weight is 342 g/mol. The third kappa shape index (κ3) is 3.75. The number of halogens is 2. The van der Waals surface area contributed by atoms with E-state index in [1.165, 1.54) is 36.9 Å². The number of Topliss-reactive ketones (excluding diaryl/α,β-unsaturated/α-hetero) is 1. The van der Waals surface area contributed by atoms with Crippen molar-refractivity contribution in [2.45, 2.75) is 16.7 Å². The second-order valence-electron chi connectivity index (χ2n) is 4.17. The lowest BCUT2D eigenvalue weighted by Gasteiger charge is -2.08. The van der Waals surface area contributed by atoms with Gasteiger partial charge in [0, 0.05) is 32.5 Å². The quantitative estimate of drug-likeness (QED) is 0.432. The van der Waals surface area contributed by atoms with Crippen molar-refractivity contribution < 1.29 is 9.72 Å². The maximum Gasteiger partial charge on any atom is 0.270 e. The summed E-state index contributed by atoms with van der Waals surface area (Å²) >= 11 is 13.3. The zero-order chi connectivity index (χ0) is 15.6. The van der Waals surface area contributed by atoms with E-state index in [2.05, 4.69) is 0 Å². The Kier molecular flexibility index (Phi) is 4.88. The lowest BCUT2D eigenvalue weighted by Crippen LogP contribution is -1.98. The number of rotatable bonds is 4. The highest BCUT2D eigenvalue weighted by Gasteiger charge is 2.16. The number of hydrogen-bond donors (Lipinski definition) is 0. The van der Waals surface area contributed by atoms with E-state index in [9.17, 15) is 14.9 Å². The van der Waals surface area contributed by atoms with Crippen LogP contribution in [0, 0.1) is 10.1 Å². The number of benzene rings is 2. The van der Waals surface area contributed by atoms with E-state index in [1.807, 2.05) is 0 Å². The Morgan fingerprint density at radius 1 is 1.14 bits per heavy atom. The molecule has 0 unspecified atom stereocenters. The van der Waals surface area contributed by atoms with Crippen LogP contribution in [0.4, 0.5) is 5.69 Å². The third-order valence-electron chi connectivity index (χ3n) is 2.67. The standard InChI is InChI=1S/C14H9Cl2NO3S/c1-8(18)11-7-10(17(19)20)3-5-13(11)21-14-6-9(15)2-4-12(14)16/h2-7H,1H3. The number of hydrogen-bond acceptors (Lipinski definition) is 4. The molecule has 0 aliphatic heterocycles. The number of non-ortho nitro benzene ring substituents is 1.